The molecule has 4 rings (SSSR count). The second kappa shape index (κ2) is 5.45. The Morgan fingerprint density at radius 2 is 1.91 bits per heavy atom. The number of hydrogen-bond donors (Lipinski definition) is 1. The molecule has 0 bridgehead atoms. The first-order valence-electron chi connectivity index (χ1n) is 9.13. The molecule has 0 aromatic carbocycles. The average Bonchev–Trinajstić information content (AvgIpc) is 2.94. The summed E-state index contributed by atoms with van der Waals surface area (Å²) in [4.78, 5) is 12.0. The Morgan fingerprint density at radius 1 is 1.17 bits per heavy atom. The molecule has 128 valence electrons. The summed E-state index contributed by atoms with van der Waals surface area (Å²) >= 11 is 4.29. The molecule has 4 aliphatic rings. The van der Waals surface area contributed by atoms with Gasteiger partial charge in [-0.25, -0.2) is 0 Å². The molecule has 1 N–H and O–H groups in total. The minimum atomic E-state index is -0.560. The number of carboxylic acids is 1. The van der Waals surface area contributed by atoms with Gasteiger partial charge in [-0.2, -0.15) is 0 Å². The van der Waals surface area contributed by atoms with E-state index in [1.807, 2.05) is 6.92 Å². The molecule has 3 fully saturated rings. The molecule has 4 unspecified atom stereocenters. The van der Waals surface area contributed by atoms with Gasteiger partial charge in [0, 0.05) is 11.5 Å². The van der Waals surface area contributed by atoms with Gasteiger partial charge in [-0.1, -0.05) is 25.0 Å². The van der Waals surface area contributed by atoms with Crippen LogP contribution in [0.3, 0.4) is 0 Å². The number of allylic oxidation sites excluding steroid dienone is 1. The topological polar surface area (TPSA) is 37.3 Å². The summed E-state index contributed by atoms with van der Waals surface area (Å²) in [6.45, 7) is 4.45. The SMILES string of the molecule is CC1(C(=O)O)CCCC2(C)C3CCC4(C=C3CCC12)SCCS4. The number of aliphatic carboxylic acids is 1. The summed E-state index contributed by atoms with van der Waals surface area (Å²) in [5, 5.41) is 9.89. The summed E-state index contributed by atoms with van der Waals surface area (Å²) < 4.78 is 0.361. The molecule has 0 aromatic heterocycles. The zero-order chi connectivity index (χ0) is 16.3. The monoisotopic (exact) mass is 352 g/mol. The second-order valence-corrected chi connectivity index (χ2v) is 11.6. The van der Waals surface area contributed by atoms with Crippen molar-refractivity contribution in [2.24, 2.45) is 22.7 Å². The molecule has 1 saturated heterocycles. The Kier molecular flexibility index (Phi) is 3.88. The average molecular weight is 353 g/mol. The number of thioether (sulfide) groups is 2. The molecule has 2 saturated carbocycles. The highest BCUT2D eigenvalue weighted by atomic mass is 32.2. The Bertz CT molecular complexity index is 552. The third-order valence-corrected chi connectivity index (χ3v) is 10.8. The highest BCUT2D eigenvalue weighted by Gasteiger charge is 2.58. The minimum Gasteiger partial charge on any atom is -0.481 e. The maximum atomic E-state index is 12.0. The van der Waals surface area contributed by atoms with Gasteiger partial charge in [0.15, 0.2) is 0 Å². The van der Waals surface area contributed by atoms with E-state index in [1.165, 1.54) is 30.8 Å². The number of rotatable bonds is 1. The molecule has 23 heavy (non-hydrogen) atoms. The van der Waals surface area contributed by atoms with Crippen molar-refractivity contribution < 1.29 is 9.90 Å². The fraction of sp³-hybridized carbons (Fsp3) is 0.842. The van der Waals surface area contributed by atoms with Crippen LogP contribution < -0.4 is 0 Å². The van der Waals surface area contributed by atoms with Gasteiger partial charge in [0.05, 0.1) is 9.49 Å². The summed E-state index contributed by atoms with van der Waals surface area (Å²) in [7, 11) is 0. The third kappa shape index (κ3) is 2.34. The van der Waals surface area contributed by atoms with Gasteiger partial charge in [-0.3, -0.25) is 4.79 Å². The number of carboxylic acid groups (broad SMARTS) is 1. The van der Waals surface area contributed by atoms with E-state index < -0.39 is 11.4 Å². The fourth-order valence-electron chi connectivity index (χ4n) is 6.23. The smallest absolute Gasteiger partial charge is 0.309 e. The zero-order valence-corrected chi connectivity index (χ0v) is 15.9. The lowest BCUT2D eigenvalue weighted by molar-refractivity contribution is -0.164. The maximum absolute atomic E-state index is 12.0. The van der Waals surface area contributed by atoms with Gasteiger partial charge < -0.3 is 5.11 Å². The first-order valence-corrected chi connectivity index (χ1v) is 11.1. The quantitative estimate of drug-likeness (QED) is 0.659. The standard InChI is InChI=1S/C19H28O2S2/c1-17-7-3-8-18(2,16(20)21)15(17)5-4-13-12-19(9-6-14(13)17)22-10-11-23-19/h12,14-15H,3-11H2,1-2H3,(H,20,21). The highest BCUT2D eigenvalue weighted by Crippen LogP contribution is 2.65. The van der Waals surface area contributed by atoms with Crippen LogP contribution in [0.1, 0.15) is 58.8 Å². The van der Waals surface area contributed by atoms with Crippen LogP contribution in [0.15, 0.2) is 11.6 Å². The summed E-state index contributed by atoms with van der Waals surface area (Å²) in [5.74, 6) is 3.00. The predicted molar refractivity (Wildman–Crippen MR) is 98.9 cm³/mol. The van der Waals surface area contributed by atoms with Crippen molar-refractivity contribution in [3.8, 4) is 0 Å². The van der Waals surface area contributed by atoms with Crippen molar-refractivity contribution in [3.05, 3.63) is 11.6 Å². The number of fused-ring (bicyclic) bond motifs is 3. The molecule has 3 aliphatic carbocycles. The van der Waals surface area contributed by atoms with Crippen molar-refractivity contribution in [1.29, 1.82) is 0 Å². The molecular weight excluding hydrogens is 324 g/mol. The van der Waals surface area contributed by atoms with Crippen LogP contribution in [0.2, 0.25) is 0 Å². The van der Waals surface area contributed by atoms with E-state index in [1.54, 1.807) is 5.57 Å². The Balaban J connectivity index is 1.69. The summed E-state index contributed by atoms with van der Waals surface area (Å²) in [6, 6.07) is 0. The summed E-state index contributed by atoms with van der Waals surface area (Å²) in [6.07, 6.45) is 10.5. The Morgan fingerprint density at radius 3 is 2.61 bits per heavy atom. The van der Waals surface area contributed by atoms with E-state index in [-0.39, 0.29) is 5.41 Å². The lowest BCUT2D eigenvalue weighted by Crippen LogP contribution is -2.54. The predicted octanol–water partition coefficient (Wildman–Crippen LogP) is 5.19. The normalized spacial score (nSPS) is 45.2. The van der Waals surface area contributed by atoms with Gasteiger partial charge in [0.25, 0.3) is 0 Å². The lowest BCUT2D eigenvalue weighted by Gasteiger charge is -2.59. The van der Waals surface area contributed by atoms with E-state index >= 15 is 0 Å². The van der Waals surface area contributed by atoms with Crippen LogP contribution in [0.25, 0.3) is 0 Å². The van der Waals surface area contributed by atoms with Gasteiger partial charge in [-0.05, 0) is 62.7 Å². The van der Waals surface area contributed by atoms with E-state index in [4.69, 9.17) is 0 Å². The molecule has 1 heterocycles. The van der Waals surface area contributed by atoms with Crippen molar-refractivity contribution >= 4 is 29.5 Å². The zero-order valence-electron chi connectivity index (χ0n) is 14.3. The number of carbonyl (C=O) groups is 1. The lowest BCUT2D eigenvalue weighted by atomic mass is 9.46. The highest BCUT2D eigenvalue weighted by molar-refractivity contribution is 8.21. The van der Waals surface area contributed by atoms with E-state index in [2.05, 4.69) is 36.5 Å². The minimum absolute atomic E-state index is 0.199. The van der Waals surface area contributed by atoms with Gasteiger partial charge >= 0.3 is 5.97 Å². The van der Waals surface area contributed by atoms with Gasteiger partial charge in [0.2, 0.25) is 0 Å². The van der Waals surface area contributed by atoms with Crippen LogP contribution in [0.4, 0.5) is 0 Å². The summed E-state index contributed by atoms with van der Waals surface area (Å²) in [5.41, 5.74) is 1.36. The third-order valence-electron chi connectivity index (χ3n) is 7.39. The van der Waals surface area contributed by atoms with Crippen LogP contribution >= 0.6 is 23.5 Å². The first kappa shape index (κ1) is 16.4. The van der Waals surface area contributed by atoms with Crippen molar-refractivity contribution in [2.45, 2.75) is 62.9 Å². The first-order chi connectivity index (χ1) is 10.9. The van der Waals surface area contributed by atoms with Crippen LogP contribution in [-0.4, -0.2) is 26.7 Å². The van der Waals surface area contributed by atoms with Gasteiger partial charge in [0.1, 0.15) is 0 Å². The molecule has 2 nitrogen and oxygen atoms in total. The molecule has 4 heteroatoms. The largest absolute Gasteiger partial charge is 0.481 e. The molecule has 0 amide bonds. The van der Waals surface area contributed by atoms with Crippen LogP contribution in [0, 0.1) is 22.7 Å². The van der Waals surface area contributed by atoms with Gasteiger partial charge in [-0.15, -0.1) is 23.5 Å². The molecule has 0 aromatic rings. The maximum Gasteiger partial charge on any atom is 0.309 e. The van der Waals surface area contributed by atoms with Crippen LogP contribution in [0.5, 0.6) is 0 Å². The second-order valence-electron chi connectivity index (χ2n) is 8.49. The van der Waals surface area contributed by atoms with E-state index in [0.717, 1.165) is 25.7 Å². The van der Waals surface area contributed by atoms with Crippen molar-refractivity contribution in [1.82, 2.24) is 0 Å². The van der Waals surface area contributed by atoms with Crippen LogP contribution in [-0.2, 0) is 4.79 Å². The Labute approximate surface area is 148 Å². The molecule has 1 aliphatic heterocycles. The Hall–Kier alpha value is -0.0900. The number of hydrogen-bond acceptors (Lipinski definition) is 3. The molecular formula is C19H28O2S2. The van der Waals surface area contributed by atoms with Crippen molar-refractivity contribution in [2.75, 3.05) is 11.5 Å². The van der Waals surface area contributed by atoms with Crippen molar-refractivity contribution in [3.63, 3.8) is 0 Å². The molecule has 1 spiro atoms. The van der Waals surface area contributed by atoms with E-state index in [9.17, 15) is 9.90 Å². The van der Waals surface area contributed by atoms with E-state index in [0.29, 0.717) is 15.9 Å². The molecule has 4 atom stereocenters. The fourth-order valence-corrected chi connectivity index (χ4v) is 9.41. The molecule has 0 radical (unpaired) electrons.